The maximum atomic E-state index is 12.1. The van der Waals surface area contributed by atoms with Crippen molar-refractivity contribution in [1.82, 2.24) is 5.16 Å². The summed E-state index contributed by atoms with van der Waals surface area (Å²) in [5, 5.41) is 4.54. The fourth-order valence-electron chi connectivity index (χ4n) is 1.94. The van der Waals surface area contributed by atoms with Crippen LogP contribution < -0.4 is 4.72 Å². The number of hydrogen-bond donors (Lipinski definition) is 1. The molecule has 0 spiro atoms. The molecule has 0 fully saturated rings. The topological polar surface area (TPSA) is 72.2 Å². The number of para-hydroxylation sites is 2. The number of aromatic nitrogens is 1. The number of nitrogens with zero attached hydrogens (tertiary/aromatic N) is 1. The quantitative estimate of drug-likeness (QED) is 0.801. The summed E-state index contributed by atoms with van der Waals surface area (Å²) in [7, 11) is -3.52. The zero-order valence-electron chi connectivity index (χ0n) is 10.5. The van der Waals surface area contributed by atoms with Gasteiger partial charge in [-0.15, -0.1) is 0 Å². The number of rotatable bonds is 4. The van der Waals surface area contributed by atoms with Crippen LogP contribution in [0.25, 0.3) is 11.0 Å². The molecule has 0 radical (unpaired) electrons. The summed E-state index contributed by atoms with van der Waals surface area (Å²) >= 11 is 0. The lowest BCUT2D eigenvalue weighted by Crippen LogP contribution is -2.15. The molecule has 1 N–H and O–H groups in total. The van der Waals surface area contributed by atoms with E-state index in [9.17, 15) is 8.42 Å². The Hall–Kier alpha value is -2.34. The van der Waals surface area contributed by atoms with Crippen molar-refractivity contribution in [2.24, 2.45) is 0 Å². The fraction of sp³-hybridized carbons (Fsp3) is 0.0714. The van der Waals surface area contributed by atoms with Crippen LogP contribution in [0.2, 0.25) is 0 Å². The third-order valence-corrected chi connectivity index (χ3v) is 4.03. The van der Waals surface area contributed by atoms with E-state index in [4.69, 9.17) is 4.52 Å². The smallest absolute Gasteiger partial charge is 0.238 e. The first-order valence-corrected chi connectivity index (χ1v) is 7.68. The molecule has 0 aliphatic carbocycles. The first-order chi connectivity index (χ1) is 9.64. The Bertz CT molecular complexity index is 826. The minimum Gasteiger partial charge on any atom is -0.356 e. The number of fused-ring (bicyclic) bond motifs is 1. The van der Waals surface area contributed by atoms with Crippen molar-refractivity contribution >= 4 is 26.7 Å². The minimum atomic E-state index is -3.52. The Balaban J connectivity index is 1.86. The van der Waals surface area contributed by atoms with Crippen molar-refractivity contribution < 1.29 is 12.9 Å². The number of hydrogen-bond acceptors (Lipinski definition) is 4. The van der Waals surface area contributed by atoms with Crippen molar-refractivity contribution in [3.05, 3.63) is 60.3 Å². The molecule has 0 saturated heterocycles. The van der Waals surface area contributed by atoms with Gasteiger partial charge in [0.2, 0.25) is 10.0 Å². The number of sulfonamides is 1. The van der Waals surface area contributed by atoms with Crippen molar-refractivity contribution in [3.63, 3.8) is 0 Å². The lowest BCUT2D eigenvalue weighted by Gasteiger charge is -2.06. The predicted octanol–water partition coefficient (Wildman–Crippen LogP) is 2.77. The lowest BCUT2D eigenvalue weighted by atomic mass is 10.2. The van der Waals surface area contributed by atoms with Crippen molar-refractivity contribution in [3.8, 4) is 0 Å². The molecule has 0 atom stereocenters. The molecule has 2 aromatic carbocycles. The third-order valence-electron chi connectivity index (χ3n) is 2.83. The zero-order valence-corrected chi connectivity index (χ0v) is 11.3. The predicted molar refractivity (Wildman–Crippen MR) is 76.7 cm³/mol. The Kier molecular flexibility index (Phi) is 3.15. The van der Waals surface area contributed by atoms with Crippen molar-refractivity contribution in [1.29, 1.82) is 0 Å². The summed E-state index contributed by atoms with van der Waals surface area (Å²) < 4.78 is 31.9. The first kappa shape index (κ1) is 12.7. The molecule has 102 valence electrons. The molecule has 0 aliphatic heterocycles. The maximum absolute atomic E-state index is 12.1. The minimum absolute atomic E-state index is 0.223. The van der Waals surface area contributed by atoms with Gasteiger partial charge < -0.3 is 4.52 Å². The number of benzene rings is 2. The van der Waals surface area contributed by atoms with Crippen molar-refractivity contribution in [2.45, 2.75) is 5.75 Å². The van der Waals surface area contributed by atoms with E-state index in [-0.39, 0.29) is 5.75 Å². The van der Waals surface area contributed by atoms with Crippen LogP contribution in [0.4, 0.5) is 5.69 Å². The summed E-state index contributed by atoms with van der Waals surface area (Å²) in [4.78, 5) is 0. The lowest BCUT2D eigenvalue weighted by molar-refractivity contribution is 0.448. The molecule has 6 heteroatoms. The van der Waals surface area contributed by atoms with Gasteiger partial charge in [0.1, 0.15) is 11.4 Å². The van der Waals surface area contributed by atoms with E-state index in [0.29, 0.717) is 22.4 Å². The molecule has 20 heavy (non-hydrogen) atoms. The van der Waals surface area contributed by atoms with Gasteiger partial charge >= 0.3 is 0 Å². The molecule has 3 rings (SSSR count). The highest BCUT2D eigenvalue weighted by molar-refractivity contribution is 7.91. The van der Waals surface area contributed by atoms with Gasteiger partial charge in [-0.2, -0.15) is 0 Å². The molecular weight excluding hydrogens is 276 g/mol. The molecule has 1 aromatic heterocycles. The molecule has 5 nitrogen and oxygen atoms in total. The highest BCUT2D eigenvalue weighted by Gasteiger charge is 2.17. The van der Waals surface area contributed by atoms with Crippen LogP contribution in [0, 0.1) is 0 Å². The summed E-state index contributed by atoms with van der Waals surface area (Å²) in [6.45, 7) is 0. The first-order valence-electron chi connectivity index (χ1n) is 6.03. The molecule has 3 aromatic rings. The van der Waals surface area contributed by atoms with E-state index >= 15 is 0 Å². The summed E-state index contributed by atoms with van der Waals surface area (Å²) in [6.07, 6.45) is 0. The second-order valence-corrected chi connectivity index (χ2v) is 6.07. The van der Waals surface area contributed by atoms with E-state index in [1.807, 2.05) is 18.2 Å². The molecule has 0 saturated carbocycles. The van der Waals surface area contributed by atoms with Gasteiger partial charge in [0, 0.05) is 11.1 Å². The average molecular weight is 288 g/mol. The summed E-state index contributed by atoms with van der Waals surface area (Å²) in [5.41, 5.74) is 1.52. The number of anilines is 1. The standard InChI is InChI=1S/C14H12N2O3S/c17-20(18,16-11-6-2-1-3-7-11)10-13-12-8-4-5-9-14(12)19-15-13/h1-9,16H,10H2. The van der Waals surface area contributed by atoms with Gasteiger partial charge in [-0.25, -0.2) is 8.42 Å². The fourth-order valence-corrected chi connectivity index (χ4v) is 3.08. The normalized spacial score (nSPS) is 11.6. The second-order valence-electron chi connectivity index (χ2n) is 4.35. The van der Waals surface area contributed by atoms with Gasteiger partial charge in [-0.1, -0.05) is 35.5 Å². The van der Waals surface area contributed by atoms with Crippen LogP contribution in [0.15, 0.2) is 59.1 Å². The van der Waals surface area contributed by atoms with Gasteiger partial charge in [-0.3, -0.25) is 4.72 Å². The highest BCUT2D eigenvalue weighted by atomic mass is 32.2. The van der Waals surface area contributed by atoms with Crippen LogP contribution in [0.5, 0.6) is 0 Å². The molecule has 0 aliphatic rings. The molecular formula is C14H12N2O3S. The summed E-state index contributed by atoms with van der Waals surface area (Å²) in [5.74, 6) is -0.223. The maximum Gasteiger partial charge on any atom is 0.238 e. The number of nitrogens with one attached hydrogen (secondary N) is 1. The third kappa shape index (κ3) is 2.65. The Labute approximate surface area is 116 Å². The highest BCUT2D eigenvalue weighted by Crippen LogP contribution is 2.20. The monoisotopic (exact) mass is 288 g/mol. The van der Waals surface area contributed by atoms with Crippen LogP contribution >= 0.6 is 0 Å². The largest absolute Gasteiger partial charge is 0.356 e. The van der Waals surface area contributed by atoms with Crippen molar-refractivity contribution in [2.75, 3.05) is 4.72 Å². The van der Waals surface area contributed by atoms with Gasteiger partial charge in [0.25, 0.3) is 0 Å². The van der Waals surface area contributed by atoms with Gasteiger partial charge in [0.05, 0.1) is 0 Å². The zero-order chi connectivity index (χ0) is 14.0. The molecule has 0 amide bonds. The summed E-state index contributed by atoms with van der Waals surface area (Å²) in [6, 6.07) is 15.9. The Morgan fingerprint density at radius 3 is 2.50 bits per heavy atom. The van der Waals surface area contributed by atoms with Crippen LogP contribution in [0.3, 0.4) is 0 Å². The van der Waals surface area contributed by atoms with E-state index < -0.39 is 10.0 Å². The van der Waals surface area contributed by atoms with Gasteiger partial charge in [0.15, 0.2) is 5.58 Å². The van der Waals surface area contributed by atoms with E-state index in [1.54, 1.807) is 36.4 Å². The average Bonchev–Trinajstić information content (AvgIpc) is 2.82. The molecule has 0 unspecified atom stereocenters. The van der Waals surface area contributed by atoms with Crippen LogP contribution in [0.1, 0.15) is 5.69 Å². The van der Waals surface area contributed by atoms with E-state index in [2.05, 4.69) is 9.88 Å². The van der Waals surface area contributed by atoms with E-state index in [1.165, 1.54) is 0 Å². The van der Waals surface area contributed by atoms with Crippen LogP contribution in [-0.2, 0) is 15.8 Å². The van der Waals surface area contributed by atoms with Gasteiger partial charge in [-0.05, 0) is 24.3 Å². The Morgan fingerprint density at radius 1 is 1.00 bits per heavy atom. The Morgan fingerprint density at radius 2 is 1.70 bits per heavy atom. The SMILES string of the molecule is O=S(=O)(Cc1noc2ccccc12)Nc1ccccc1. The molecule has 1 heterocycles. The van der Waals surface area contributed by atoms with E-state index in [0.717, 1.165) is 0 Å². The van der Waals surface area contributed by atoms with Crippen LogP contribution in [-0.4, -0.2) is 13.6 Å². The second kappa shape index (κ2) is 4.97. The molecule has 0 bridgehead atoms.